The van der Waals surface area contributed by atoms with Gasteiger partial charge in [-0.05, 0) is 11.4 Å². The zero-order valence-electron chi connectivity index (χ0n) is 9.35. The van der Waals surface area contributed by atoms with Crippen molar-refractivity contribution in [3.05, 3.63) is 17.6 Å². The average Bonchev–Trinajstić information content (AvgIpc) is 2.93. The molecule has 18 heavy (non-hydrogen) atoms. The number of aliphatic hydroxyl groups is 1. The highest BCUT2D eigenvalue weighted by molar-refractivity contribution is 7.16. The molecule has 0 aliphatic carbocycles. The maximum absolute atomic E-state index is 11.1. The number of anilines is 1. The molecule has 0 radical (unpaired) electrons. The van der Waals surface area contributed by atoms with Gasteiger partial charge in [-0.2, -0.15) is 0 Å². The number of aliphatic carboxylic acids is 1. The molecular weight excluding hydrogens is 254 g/mol. The van der Waals surface area contributed by atoms with Crippen LogP contribution in [-0.2, 0) is 4.79 Å². The van der Waals surface area contributed by atoms with Crippen molar-refractivity contribution < 1.29 is 15.0 Å². The fourth-order valence-corrected chi connectivity index (χ4v) is 2.89. The zero-order valence-corrected chi connectivity index (χ0v) is 10.2. The van der Waals surface area contributed by atoms with Gasteiger partial charge in [0.15, 0.2) is 0 Å². The molecule has 1 saturated heterocycles. The number of thiophene rings is 1. The van der Waals surface area contributed by atoms with Gasteiger partial charge in [-0.25, -0.2) is 14.8 Å². The van der Waals surface area contributed by atoms with Crippen molar-refractivity contribution in [2.24, 2.45) is 0 Å². The summed E-state index contributed by atoms with van der Waals surface area (Å²) in [6.07, 6.45) is 1.24. The highest BCUT2D eigenvalue weighted by Crippen LogP contribution is 2.26. The summed E-state index contributed by atoms with van der Waals surface area (Å²) in [5.74, 6) is -0.588. The second-order valence-electron chi connectivity index (χ2n) is 4.25. The zero-order chi connectivity index (χ0) is 12.7. The molecule has 1 aliphatic rings. The van der Waals surface area contributed by atoms with Crippen LogP contribution >= 0.6 is 11.3 Å². The Labute approximate surface area is 107 Å². The number of carboxylic acids is 1. The minimum atomic E-state index is -0.957. The number of carboxylic acid groups (broad SMARTS) is 1. The topological polar surface area (TPSA) is 86.5 Å². The molecule has 0 amide bonds. The van der Waals surface area contributed by atoms with Gasteiger partial charge < -0.3 is 15.1 Å². The van der Waals surface area contributed by atoms with Crippen LogP contribution in [0.5, 0.6) is 0 Å². The molecule has 3 rings (SSSR count). The monoisotopic (exact) mass is 265 g/mol. The molecule has 0 saturated carbocycles. The standard InChI is InChI=1S/C11H11N3O3S/c15-7-3-8(10(16)17)14(5-7)11-12-4-6-1-2-18-9(6)13-11/h1-2,4,7-8,15H,3,5H2,(H,16,17). The first-order valence-corrected chi connectivity index (χ1v) is 6.41. The van der Waals surface area contributed by atoms with Crippen molar-refractivity contribution in [1.82, 2.24) is 9.97 Å². The summed E-state index contributed by atoms with van der Waals surface area (Å²) in [6, 6.07) is 1.16. The second kappa shape index (κ2) is 4.18. The number of aromatic nitrogens is 2. The lowest BCUT2D eigenvalue weighted by atomic mass is 10.2. The molecule has 94 valence electrons. The first kappa shape index (κ1) is 11.4. The molecule has 6 nitrogen and oxygen atoms in total. The number of rotatable bonds is 2. The van der Waals surface area contributed by atoms with Gasteiger partial charge in [-0.15, -0.1) is 11.3 Å². The van der Waals surface area contributed by atoms with Crippen molar-refractivity contribution in [1.29, 1.82) is 0 Å². The molecule has 3 heterocycles. The number of aliphatic hydroxyl groups excluding tert-OH is 1. The van der Waals surface area contributed by atoms with Gasteiger partial charge in [0.05, 0.1) is 6.10 Å². The van der Waals surface area contributed by atoms with E-state index in [0.717, 1.165) is 10.2 Å². The number of hydrogen-bond acceptors (Lipinski definition) is 6. The van der Waals surface area contributed by atoms with E-state index in [1.165, 1.54) is 11.3 Å². The van der Waals surface area contributed by atoms with E-state index in [-0.39, 0.29) is 13.0 Å². The summed E-state index contributed by atoms with van der Waals surface area (Å²) in [4.78, 5) is 22.0. The lowest BCUT2D eigenvalue weighted by Crippen LogP contribution is -2.37. The fraction of sp³-hybridized carbons (Fsp3) is 0.364. The number of carbonyl (C=O) groups is 1. The van der Waals surface area contributed by atoms with Gasteiger partial charge in [0.2, 0.25) is 5.95 Å². The predicted molar refractivity (Wildman–Crippen MR) is 66.8 cm³/mol. The van der Waals surface area contributed by atoms with Gasteiger partial charge in [-0.3, -0.25) is 0 Å². The number of β-amino-alcohol motifs (C(OH)–C–C–N with tert-alkyl or cyclic N) is 1. The Bertz CT molecular complexity index is 600. The van der Waals surface area contributed by atoms with Crippen LogP contribution in [0.1, 0.15) is 6.42 Å². The first-order valence-electron chi connectivity index (χ1n) is 5.53. The minimum Gasteiger partial charge on any atom is -0.480 e. The van der Waals surface area contributed by atoms with E-state index in [4.69, 9.17) is 5.11 Å². The largest absolute Gasteiger partial charge is 0.480 e. The van der Waals surface area contributed by atoms with Gasteiger partial charge in [0.25, 0.3) is 0 Å². The molecule has 0 spiro atoms. The van der Waals surface area contributed by atoms with E-state index in [2.05, 4.69) is 9.97 Å². The van der Waals surface area contributed by atoms with Gasteiger partial charge >= 0.3 is 5.97 Å². The maximum atomic E-state index is 11.1. The van der Waals surface area contributed by atoms with Crippen LogP contribution in [0.3, 0.4) is 0 Å². The molecule has 1 aliphatic heterocycles. The summed E-state index contributed by atoms with van der Waals surface area (Å²) >= 11 is 1.48. The molecule has 2 unspecified atom stereocenters. The van der Waals surface area contributed by atoms with Crippen molar-refractivity contribution in [2.75, 3.05) is 11.4 Å². The molecule has 2 aromatic heterocycles. The lowest BCUT2D eigenvalue weighted by Gasteiger charge is -2.20. The van der Waals surface area contributed by atoms with Crippen LogP contribution in [0.25, 0.3) is 10.2 Å². The molecule has 0 bridgehead atoms. The highest BCUT2D eigenvalue weighted by Gasteiger charge is 2.37. The summed E-state index contributed by atoms with van der Waals surface area (Å²) in [6.45, 7) is 0.258. The van der Waals surface area contributed by atoms with E-state index < -0.39 is 18.1 Å². The second-order valence-corrected chi connectivity index (χ2v) is 5.14. The van der Waals surface area contributed by atoms with Crippen LogP contribution in [0.15, 0.2) is 17.6 Å². The molecular formula is C11H11N3O3S. The van der Waals surface area contributed by atoms with Crippen molar-refractivity contribution in [3.8, 4) is 0 Å². The van der Waals surface area contributed by atoms with Crippen molar-refractivity contribution >= 4 is 33.5 Å². The summed E-state index contributed by atoms with van der Waals surface area (Å²) in [7, 11) is 0. The number of hydrogen-bond donors (Lipinski definition) is 2. The van der Waals surface area contributed by atoms with E-state index in [1.807, 2.05) is 11.4 Å². The van der Waals surface area contributed by atoms with Crippen LogP contribution < -0.4 is 4.90 Å². The Hall–Kier alpha value is -1.73. The highest BCUT2D eigenvalue weighted by atomic mass is 32.1. The van der Waals surface area contributed by atoms with E-state index >= 15 is 0 Å². The third-order valence-corrected chi connectivity index (χ3v) is 3.84. The Balaban J connectivity index is 1.99. The Morgan fingerprint density at radius 3 is 3.17 bits per heavy atom. The first-order chi connectivity index (χ1) is 8.65. The quantitative estimate of drug-likeness (QED) is 0.832. The molecule has 7 heteroatoms. The molecule has 1 fully saturated rings. The van der Waals surface area contributed by atoms with Crippen LogP contribution in [-0.4, -0.2) is 44.8 Å². The van der Waals surface area contributed by atoms with Crippen LogP contribution in [0, 0.1) is 0 Å². The third kappa shape index (κ3) is 1.81. The maximum Gasteiger partial charge on any atom is 0.326 e. The summed E-state index contributed by atoms with van der Waals surface area (Å²) in [5, 5.41) is 21.6. The van der Waals surface area contributed by atoms with Crippen molar-refractivity contribution in [3.63, 3.8) is 0 Å². The lowest BCUT2D eigenvalue weighted by molar-refractivity contribution is -0.138. The van der Waals surface area contributed by atoms with E-state index in [1.54, 1.807) is 11.1 Å². The molecule has 0 aromatic carbocycles. The SMILES string of the molecule is O=C(O)C1CC(O)CN1c1ncc2ccsc2n1. The predicted octanol–water partition coefficient (Wildman–Crippen LogP) is 0.715. The number of fused-ring (bicyclic) bond motifs is 1. The summed E-state index contributed by atoms with van der Waals surface area (Å²) in [5.41, 5.74) is 0. The van der Waals surface area contributed by atoms with Crippen molar-refractivity contribution in [2.45, 2.75) is 18.6 Å². The smallest absolute Gasteiger partial charge is 0.326 e. The van der Waals surface area contributed by atoms with E-state index in [0.29, 0.717) is 5.95 Å². The third-order valence-electron chi connectivity index (χ3n) is 3.02. The normalized spacial score (nSPS) is 23.7. The van der Waals surface area contributed by atoms with Gasteiger partial charge in [-0.1, -0.05) is 0 Å². The molecule has 2 aromatic rings. The van der Waals surface area contributed by atoms with Gasteiger partial charge in [0, 0.05) is 24.5 Å². The fourth-order valence-electron chi connectivity index (χ4n) is 2.15. The molecule has 2 atom stereocenters. The Kier molecular flexibility index (Phi) is 2.64. The Morgan fingerprint density at radius 1 is 1.56 bits per heavy atom. The van der Waals surface area contributed by atoms with E-state index in [9.17, 15) is 9.90 Å². The van der Waals surface area contributed by atoms with Crippen LogP contribution in [0.4, 0.5) is 5.95 Å². The number of nitrogens with zero attached hydrogens (tertiary/aromatic N) is 3. The van der Waals surface area contributed by atoms with Gasteiger partial charge in [0.1, 0.15) is 10.9 Å². The Morgan fingerprint density at radius 2 is 2.39 bits per heavy atom. The average molecular weight is 265 g/mol. The summed E-state index contributed by atoms with van der Waals surface area (Å²) < 4.78 is 0. The molecule has 2 N–H and O–H groups in total. The van der Waals surface area contributed by atoms with Crippen LogP contribution in [0.2, 0.25) is 0 Å². The minimum absolute atomic E-state index is 0.209.